The van der Waals surface area contributed by atoms with Crippen LogP contribution in [0.1, 0.15) is 58.7 Å². The number of carbonyl (C=O) groups is 3. The van der Waals surface area contributed by atoms with Gasteiger partial charge in [0.1, 0.15) is 11.9 Å². The molecule has 0 saturated carbocycles. The number of imidazole rings is 1. The lowest BCUT2D eigenvalue weighted by molar-refractivity contribution is -0.137. The van der Waals surface area contributed by atoms with E-state index in [0.717, 1.165) is 40.8 Å². The minimum atomic E-state index is -2.92. The number of anilines is 1. The highest BCUT2D eigenvalue weighted by molar-refractivity contribution is 7.91. The van der Waals surface area contributed by atoms with Gasteiger partial charge in [-0.1, -0.05) is 78.9 Å². The Morgan fingerprint density at radius 2 is 1.46 bits per heavy atom. The quantitative estimate of drug-likeness (QED) is 0.130. The molecule has 54 heavy (non-hydrogen) atoms. The lowest BCUT2D eigenvalue weighted by Crippen LogP contribution is -2.46. The summed E-state index contributed by atoms with van der Waals surface area (Å²) in [4.78, 5) is 50.4. The third-order valence-corrected chi connectivity index (χ3v) is 11.7. The van der Waals surface area contributed by atoms with Crippen LogP contribution in [0.4, 0.5) is 10.5 Å². The van der Waals surface area contributed by atoms with Crippen LogP contribution in [-0.2, 0) is 21.2 Å². The molecular formula is C41H42N6O6S. The number of hydrogen-bond donors (Lipinski definition) is 4. The van der Waals surface area contributed by atoms with E-state index in [1.165, 1.54) is 0 Å². The van der Waals surface area contributed by atoms with Gasteiger partial charge in [-0.15, -0.1) is 0 Å². The van der Waals surface area contributed by atoms with Gasteiger partial charge in [-0.2, -0.15) is 0 Å². The first-order chi connectivity index (χ1) is 26.1. The number of benzene rings is 4. The van der Waals surface area contributed by atoms with Gasteiger partial charge < -0.3 is 25.6 Å². The average molecular weight is 747 g/mol. The van der Waals surface area contributed by atoms with Gasteiger partial charge in [-0.3, -0.25) is 14.5 Å². The summed E-state index contributed by atoms with van der Waals surface area (Å²) < 4.78 is 23.4. The molecule has 0 bridgehead atoms. The van der Waals surface area contributed by atoms with Crippen molar-refractivity contribution in [2.45, 2.75) is 37.9 Å². The summed E-state index contributed by atoms with van der Waals surface area (Å²) in [7, 11) is -2.92. The van der Waals surface area contributed by atoms with Crippen LogP contribution in [0.3, 0.4) is 0 Å². The number of aromatic amines is 1. The molecule has 1 aromatic heterocycles. The maximum atomic E-state index is 13.8. The predicted molar refractivity (Wildman–Crippen MR) is 206 cm³/mol. The molecule has 2 aliphatic rings. The van der Waals surface area contributed by atoms with Crippen molar-refractivity contribution in [1.29, 1.82) is 0 Å². The SMILES string of the molecule is O=C(O)N[C@H](C(=O)N1CCCC[C@H]1c1ncc(-c2ccc(-c3ccc(C(=O)Nc4ccc(CN5CCS(=O)(=O)CC5)cc4)cc3)cc2)[nH]1)c1ccccc1. The Morgan fingerprint density at radius 1 is 0.815 bits per heavy atom. The molecule has 5 aromatic rings. The third kappa shape index (κ3) is 8.70. The van der Waals surface area contributed by atoms with Crippen molar-refractivity contribution in [3.63, 3.8) is 0 Å². The summed E-state index contributed by atoms with van der Waals surface area (Å²) in [6, 6.07) is 30.6. The third-order valence-electron chi connectivity index (χ3n) is 10.1. The van der Waals surface area contributed by atoms with E-state index in [-0.39, 0.29) is 29.4 Å². The Hall–Kier alpha value is -5.79. The molecule has 2 saturated heterocycles. The van der Waals surface area contributed by atoms with Gasteiger partial charge in [-0.25, -0.2) is 18.2 Å². The number of nitrogens with one attached hydrogen (secondary N) is 3. The van der Waals surface area contributed by atoms with E-state index in [1.54, 1.807) is 47.5 Å². The largest absolute Gasteiger partial charge is 0.465 e. The fraction of sp³-hybridized carbons (Fsp3) is 0.268. The maximum absolute atomic E-state index is 13.8. The van der Waals surface area contributed by atoms with Gasteiger partial charge in [0.15, 0.2) is 9.84 Å². The number of carboxylic acid groups (broad SMARTS) is 1. The summed E-state index contributed by atoms with van der Waals surface area (Å²) in [6.45, 7) is 2.24. The number of piperidine rings is 1. The van der Waals surface area contributed by atoms with Crippen LogP contribution in [0.2, 0.25) is 0 Å². The number of rotatable bonds is 10. The van der Waals surface area contributed by atoms with E-state index in [2.05, 4.69) is 25.5 Å². The number of H-pyrrole nitrogens is 1. The summed E-state index contributed by atoms with van der Waals surface area (Å²) in [5, 5.41) is 14.9. The van der Waals surface area contributed by atoms with Crippen molar-refractivity contribution in [1.82, 2.24) is 25.1 Å². The molecule has 2 aliphatic heterocycles. The van der Waals surface area contributed by atoms with Crippen LogP contribution in [0.15, 0.2) is 109 Å². The van der Waals surface area contributed by atoms with E-state index >= 15 is 0 Å². The van der Waals surface area contributed by atoms with Crippen molar-refractivity contribution < 1.29 is 27.9 Å². The molecular weight excluding hydrogens is 705 g/mol. The summed E-state index contributed by atoms with van der Waals surface area (Å²) >= 11 is 0. The van der Waals surface area contributed by atoms with Gasteiger partial charge in [-0.05, 0) is 71.3 Å². The number of aromatic nitrogens is 2. The molecule has 278 valence electrons. The molecule has 2 fully saturated rings. The van der Waals surface area contributed by atoms with E-state index in [9.17, 15) is 27.9 Å². The molecule has 0 unspecified atom stereocenters. The average Bonchev–Trinajstić information content (AvgIpc) is 3.69. The first-order valence-electron chi connectivity index (χ1n) is 18.1. The van der Waals surface area contributed by atoms with Crippen LogP contribution in [0, 0.1) is 0 Å². The molecule has 13 heteroatoms. The minimum Gasteiger partial charge on any atom is -0.465 e. The lowest BCUT2D eigenvalue weighted by Gasteiger charge is -2.36. The molecule has 0 aliphatic carbocycles. The second-order valence-corrected chi connectivity index (χ2v) is 16.1. The molecule has 0 radical (unpaired) electrons. The Labute approximate surface area is 314 Å². The number of nitrogens with zero attached hydrogens (tertiary/aromatic N) is 3. The normalized spacial score (nSPS) is 17.7. The Balaban J connectivity index is 0.970. The van der Waals surface area contributed by atoms with E-state index in [4.69, 9.17) is 0 Å². The van der Waals surface area contributed by atoms with Crippen molar-refractivity contribution in [3.8, 4) is 22.4 Å². The van der Waals surface area contributed by atoms with Crippen LogP contribution in [-0.4, -0.2) is 82.3 Å². The zero-order chi connectivity index (χ0) is 37.7. The van der Waals surface area contributed by atoms with Crippen molar-refractivity contribution in [3.05, 3.63) is 132 Å². The van der Waals surface area contributed by atoms with E-state index in [0.29, 0.717) is 55.2 Å². The van der Waals surface area contributed by atoms with Crippen LogP contribution in [0.5, 0.6) is 0 Å². The molecule has 4 N–H and O–H groups in total. The van der Waals surface area contributed by atoms with Crippen LogP contribution < -0.4 is 10.6 Å². The van der Waals surface area contributed by atoms with Gasteiger partial charge in [0.05, 0.1) is 29.4 Å². The van der Waals surface area contributed by atoms with Gasteiger partial charge >= 0.3 is 6.09 Å². The summed E-state index contributed by atoms with van der Waals surface area (Å²) in [5.41, 5.74) is 6.52. The summed E-state index contributed by atoms with van der Waals surface area (Å²) in [6.07, 6.45) is 2.96. The predicted octanol–water partition coefficient (Wildman–Crippen LogP) is 6.29. The van der Waals surface area contributed by atoms with Crippen molar-refractivity contribution in [2.75, 3.05) is 36.5 Å². The molecule has 3 amide bonds. The highest BCUT2D eigenvalue weighted by Crippen LogP contribution is 2.33. The van der Waals surface area contributed by atoms with Crippen molar-refractivity contribution in [2.24, 2.45) is 0 Å². The number of likely N-dealkylation sites (tertiary alicyclic amines) is 1. The highest BCUT2D eigenvalue weighted by atomic mass is 32.2. The second-order valence-electron chi connectivity index (χ2n) is 13.8. The molecule has 3 heterocycles. The standard InChI is InChI=1S/C41H42N6O6S/c48-39(43-34-19-9-28(10-20-34)27-46-22-24-54(52,53)25-23-46)33-17-13-30(14-18-33)29-11-15-31(16-12-29)35-26-42-38(44-35)36-8-4-5-21-47(36)40(49)37(45-41(50)51)32-6-2-1-3-7-32/h1-3,6-7,9-20,26,36-37,45H,4-5,8,21-25,27H2,(H,42,44)(H,43,48)(H,50,51)/t36-,37-/m0/s1. The highest BCUT2D eigenvalue weighted by Gasteiger charge is 2.35. The topological polar surface area (TPSA) is 165 Å². The minimum absolute atomic E-state index is 0.192. The number of amides is 3. The fourth-order valence-electron chi connectivity index (χ4n) is 7.07. The van der Waals surface area contributed by atoms with E-state index in [1.807, 2.05) is 66.7 Å². The molecule has 2 atom stereocenters. The van der Waals surface area contributed by atoms with Gasteiger partial charge in [0.2, 0.25) is 0 Å². The smallest absolute Gasteiger partial charge is 0.405 e. The number of carbonyl (C=O) groups excluding carboxylic acids is 2. The molecule has 4 aromatic carbocycles. The number of sulfone groups is 1. The Bertz CT molecular complexity index is 2190. The molecule has 0 spiro atoms. The number of hydrogen-bond acceptors (Lipinski definition) is 7. The van der Waals surface area contributed by atoms with E-state index < -0.39 is 22.0 Å². The first-order valence-corrected chi connectivity index (χ1v) is 19.9. The molecule has 12 nitrogen and oxygen atoms in total. The fourth-order valence-corrected chi connectivity index (χ4v) is 8.35. The van der Waals surface area contributed by atoms with Crippen LogP contribution >= 0.6 is 0 Å². The second kappa shape index (κ2) is 16.1. The summed E-state index contributed by atoms with van der Waals surface area (Å²) in [5.74, 6) is 0.522. The Kier molecular flexibility index (Phi) is 10.9. The molecule has 7 rings (SSSR count). The van der Waals surface area contributed by atoms with Crippen LogP contribution in [0.25, 0.3) is 22.4 Å². The van der Waals surface area contributed by atoms with Gasteiger partial charge in [0, 0.05) is 37.4 Å². The van der Waals surface area contributed by atoms with Crippen molar-refractivity contribution >= 4 is 33.4 Å². The zero-order valence-corrected chi connectivity index (χ0v) is 30.5. The van der Waals surface area contributed by atoms with Gasteiger partial charge in [0.25, 0.3) is 11.8 Å². The first kappa shape index (κ1) is 36.6. The lowest BCUT2D eigenvalue weighted by atomic mass is 9.98. The maximum Gasteiger partial charge on any atom is 0.405 e. The zero-order valence-electron chi connectivity index (χ0n) is 29.6. The monoisotopic (exact) mass is 746 g/mol. The Morgan fingerprint density at radius 3 is 2.13 bits per heavy atom.